The first-order valence-electron chi connectivity index (χ1n) is 4.94. The first-order chi connectivity index (χ1) is 7.58. The minimum atomic E-state index is -0.613. The second kappa shape index (κ2) is 4.29. The Morgan fingerprint density at radius 1 is 1.69 bits per heavy atom. The number of hydrogen-bond acceptors (Lipinski definition) is 2. The van der Waals surface area contributed by atoms with E-state index in [9.17, 15) is 9.18 Å². The summed E-state index contributed by atoms with van der Waals surface area (Å²) in [5.41, 5.74) is 0.658. The molecule has 0 spiro atoms. The molecule has 1 heterocycles. The predicted molar refractivity (Wildman–Crippen MR) is 58.1 cm³/mol. The Morgan fingerprint density at radius 2 is 2.44 bits per heavy atom. The fourth-order valence-electron chi connectivity index (χ4n) is 1.59. The minimum Gasteiger partial charge on any atom is -0.491 e. The van der Waals surface area contributed by atoms with Crippen LogP contribution in [0.2, 0.25) is 0 Å². The average Bonchev–Trinajstić information content (AvgIpc) is 2.61. The second-order valence-electron chi connectivity index (χ2n) is 3.67. The average molecular weight is 244 g/mol. The molecular formula is C11H11ClFNO2. The van der Waals surface area contributed by atoms with Crippen LogP contribution in [-0.4, -0.2) is 17.9 Å². The minimum absolute atomic E-state index is 0.285. The number of carbonyl (C=O) groups excluding carboxylic acids is 1. The largest absolute Gasteiger partial charge is 0.491 e. The Balaban J connectivity index is 2.17. The van der Waals surface area contributed by atoms with Crippen molar-refractivity contribution in [2.75, 3.05) is 6.61 Å². The fourth-order valence-corrected chi connectivity index (χ4v) is 1.65. The van der Waals surface area contributed by atoms with Crippen molar-refractivity contribution < 1.29 is 13.9 Å². The van der Waals surface area contributed by atoms with Crippen molar-refractivity contribution in [3.05, 3.63) is 29.6 Å². The molecule has 0 aromatic heterocycles. The van der Waals surface area contributed by atoms with Gasteiger partial charge in [-0.2, -0.15) is 0 Å². The number of benzene rings is 1. The molecule has 5 heteroatoms. The number of rotatable bonds is 2. The number of fused-ring (bicyclic) bond motifs is 1. The first kappa shape index (κ1) is 11.2. The molecule has 0 radical (unpaired) electrons. The van der Waals surface area contributed by atoms with Crippen LogP contribution in [-0.2, 0) is 4.79 Å². The van der Waals surface area contributed by atoms with Gasteiger partial charge in [-0.15, -0.1) is 11.6 Å². The van der Waals surface area contributed by atoms with Crippen LogP contribution >= 0.6 is 11.6 Å². The lowest BCUT2D eigenvalue weighted by atomic mass is 10.1. The van der Waals surface area contributed by atoms with Crippen molar-refractivity contribution in [2.45, 2.75) is 18.3 Å². The third-order valence-corrected chi connectivity index (χ3v) is 2.63. The van der Waals surface area contributed by atoms with Gasteiger partial charge in [0.1, 0.15) is 23.6 Å². The van der Waals surface area contributed by atoms with Crippen LogP contribution in [0.15, 0.2) is 18.2 Å². The normalized spacial score (nSPS) is 19.8. The smallest absolute Gasteiger partial charge is 0.238 e. The van der Waals surface area contributed by atoms with E-state index >= 15 is 0 Å². The topological polar surface area (TPSA) is 38.3 Å². The molecule has 1 aliphatic heterocycles. The van der Waals surface area contributed by atoms with Gasteiger partial charge in [0.2, 0.25) is 5.91 Å². The maximum absolute atomic E-state index is 13.0. The Hall–Kier alpha value is -1.29. The van der Waals surface area contributed by atoms with Gasteiger partial charge in [-0.05, 0) is 25.1 Å². The van der Waals surface area contributed by atoms with E-state index < -0.39 is 5.38 Å². The third-order valence-electron chi connectivity index (χ3n) is 2.43. The van der Waals surface area contributed by atoms with Crippen LogP contribution in [0.1, 0.15) is 18.5 Å². The van der Waals surface area contributed by atoms with Crippen molar-refractivity contribution >= 4 is 17.5 Å². The quantitative estimate of drug-likeness (QED) is 0.807. The molecule has 1 amide bonds. The Labute approximate surface area is 97.5 Å². The van der Waals surface area contributed by atoms with Crippen molar-refractivity contribution in [2.24, 2.45) is 0 Å². The molecule has 1 aromatic carbocycles. The van der Waals surface area contributed by atoms with Gasteiger partial charge in [0.05, 0.1) is 6.04 Å². The van der Waals surface area contributed by atoms with Gasteiger partial charge in [0, 0.05) is 5.56 Å². The third kappa shape index (κ3) is 2.11. The lowest BCUT2D eigenvalue weighted by Gasteiger charge is -2.12. The van der Waals surface area contributed by atoms with E-state index in [0.29, 0.717) is 17.9 Å². The molecule has 3 nitrogen and oxygen atoms in total. The van der Waals surface area contributed by atoms with Crippen LogP contribution in [0.4, 0.5) is 4.39 Å². The molecule has 2 atom stereocenters. The molecule has 0 saturated heterocycles. The predicted octanol–water partition coefficient (Wildman–Crippen LogP) is 2.00. The molecular weight excluding hydrogens is 233 g/mol. The number of halogens is 2. The number of hydrogen-bond donors (Lipinski definition) is 1. The van der Waals surface area contributed by atoms with E-state index in [4.69, 9.17) is 16.3 Å². The lowest BCUT2D eigenvalue weighted by Crippen LogP contribution is -2.34. The van der Waals surface area contributed by atoms with Gasteiger partial charge < -0.3 is 10.1 Å². The highest BCUT2D eigenvalue weighted by Crippen LogP contribution is 2.32. The van der Waals surface area contributed by atoms with Crippen LogP contribution < -0.4 is 10.1 Å². The van der Waals surface area contributed by atoms with Gasteiger partial charge in [0.15, 0.2) is 0 Å². The molecule has 2 rings (SSSR count). The number of carbonyl (C=O) groups is 1. The van der Waals surface area contributed by atoms with E-state index in [1.807, 2.05) is 0 Å². The zero-order chi connectivity index (χ0) is 11.7. The van der Waals surface area contributed by atoms with Crippen LogP contribution in [0, 0.1) is 5.82 Å². The summed E-state index contributed by atoms with van der Waals surface area (Å²) in [6.07, 6.45) is 0. The van der Waals surface area contributed by atoms with E-state index in [1.54, 1.807) is 13.0 Å². The highest BCUT2D eigenvalue weighted by atomic mass is 35.5. The number of alkyl halides is 1. The standard InChI is InChI=1S/C11H11ClFNO2/c1-6(12)11(15)14-9-5-16-10-3-2-7(13)4-8(9)10/h2-4,6,9H,5H2,1H3,(H,14,15). The summed E-state index contributed by atoms with van der Waals surface area (Å²) in [5.74, 6) is -0.0243. The highest BCUT2D eigenvalue weighted by Gasteiger charge is 2.26. The number of amides is 1. The van der Waals surface area contributed by atoms with Crippen molar-refractivity contribution in [1.29, 1.82) is 0 Å². The van der Waals surface area contributed by atoms with Gasteiger partial charge in [-0.1, -0.05) is 0 Å². The van der Waals surface area contributed by atoms with Gasteiger partial charge in [-0.25, -0.2) is 4.39 Å². The van der Waals surface area contributed by atoms with Crippen LogP contribution in [0.3, 0.4) is 0 Å². The second-order valence-corrected chi connectivity index (χ2v) is 4.32. The monoisotopic (exact) mass is 243 g/mol. The fraction of sp³-hybridized carbons (Fsp3) is 0.364. The number of nitrogens with one attached hydrogen (secondary N) is 1. The summed E-state index contributed by atoms with van der Waals surface area (Å²) < 4.78 is 18.4. The summed E-state index contributed by atoms with van der Waals surface area (Å²) in [4.78, 5) is 11.4. The maximum Gasteiger partial charge on any atom is 0.238 e. The molecule has 86 valence electrons. The Kier molecular flexibility index (Phi) is 3.01. The zero-order valence-corrected chi connectivity index (χ0v) is 9.42. The molecule has 0 bridgehead atoms. The van der Waals surface area contributed by atoms with Gasteiger partial charge in [0.25, 0.3) is 0 Å². The Bertz CT molecular complexity index is 422. The van der Waals surface area contributed by atoms with E-state index in [0.717, 1.165) is 0 Å². The zero-order valence-electron chi connectivity index (χ0n) is 8.67. The molecule has 0 saturated carbocycles. The molecule has 0 fully saturated rings. The van der Waals surface area contributed by atoms with E-state index in [-0.39, 0.29) is 17.8 Å². The molecule has 1 aromatic rings. The van der Waals surface area contributed by atoms with Crippen molar-refractivity contribution in [1.82, 2.24) is 5.32 Å². The Morgan fingerprint density at radius 3 is 3.12 bits per heavy atom. The molecule has 16 heavy (non-hydrogen) atoms. The first-order valence-corrected chi connectivity index (χ1v) is 5.38. The summed E-state index contributed by atoms with van der Waals surface area (Å²) in [6, 6.07) is 3.93. The molecule has 0 aliphatic carbocycles. The van der Waals surface area contributed by atoms with Crippen LogP contribution in [0.25, 0.3) is 0 Å². The van der Waals surface area contributed by atoms with Gasteiger partial charge >= 0.3 is 0 Å². The van der Waals surface area contributed by atoms with Crippen molar-refractivity contribution in [3.8, 4) is 5.75 Å². The maximum atomic E-state index is 13.0. The SMILES string of the molecule is CC(Cl)C(=O)NC1COc2ccc(F)cc21. The molecule has 1 aliphatic rings. The summed E-state index contributed by atoms with van der Waals surface area (Å²) in [7, 11) is 0. The van der Waals surface area contributed by atoms with Crippen LogP contribution in [0.5, 0.6) is 5.75 Å². The summed E-state index contributed by atoms with van der Waals surface area (Å²) in [6.45, 7) is 1.90. The summed E-state index contributed by atoms with van der Waals surface area (Å²) >= 11 is 5.64. The highest BCUT2D eigenvalue weighted by molar-refractivity contribution is 6.30. The van der Waals surface area contributed by atoms with E-state index in [2.05, 4.69) is 5.32 Å². The lowest BCUT2D eigenvalue weighted by molar-refractivity contribution is -0.121. The van der Waals surface area contributed by atoms with Crippen molar-refractivity contribution in [3.63, 3.8) is 0 Å². The molecule has 2 unspecified atom stereocenters. The number of ether oxygens (including phenoxy) is 1. The summed E-state index contributed by atoms with van der Waals surface area (Å²) in [5, 5.41) is 2.09. The molecule has 1 N–H and O–H groups in total. The van der Waals surface area contributed by atoms with Gasteiger partial charge in [-0.3, -0.25) is 4.79 Å². The van der Waals surface area contributed by atoms with E-state index in [1.165, 1.54) is 12.1 Å².